The van der Waals surface area contributed by atoms with Gasteiger partial charge in [-0.05, 0) is 48.9 Å². The van der Waals surface area contributed by atoms with Crippen LogP contribution in [0.4, 0.5) is 4.39 Å². The molecule has 2 nitrogen and oxygen atoms in total. The van der Waals surface area contributed by atoms with Crippen LogP contribution in [0.25, 0.3) is 0 Å². The summed E-state index contributed by atoms with van der Waals surface area (Å²) in [6.07, 6.45) is 1.86. The summed E-state index contributed by atoms with van der Waals surface area (Å²) in [4.78, 5) is 2.32. The lowest BCUT2D eigenvalue weighted by atomic mass is 10.1. The van der Waals surface area contributed by atoms with Crippen LogP contribution in [0.3, 0.4) is 0 Å². The third kappa shape index (κ3) is 4.40. The smallest absolute Gasteiger partial charge is 0.123 e. The van der Waals surface area contributed by atoms with Gasteiger partial charge in [0.25, 0.3) is 0 Å². The Bertz CT molecular complexity index is 627. The van der Waals surface area contributed by atoms with Crippen molar-refractivity contribution in [1.29, 1.82) is 0 Å². The Balaban J connectivity index is 1.72. The molecular weight excluding hydrogens is 289 g/mol. The summed E-state index contributed by atoms with van der Waals surface area (Å²) in [5.41, 5.74) is 1.89. The van der Waals surface area contributed by atoms with Crippen LogP contribution >= 0.6 is 0 Å². The van der Waals surface area contributed by atoms with E-state index in [4.69, 9.17) is 0 Å². The van der Waals surface area contributed by atoms with E-state index in [1.54, 1.807) is 12.1 Å². The monoisotopic (exact) mass is 313 g/mol. The number of aliphatic hydroxyl groups excluding tert-OH is 1. The van der Waals surface area contributed by atoms with Crippen LogP contribution < -0.4 is 0 Å². The molecule has 1 N–H and O–H groups in total. The second-order valence-corrected chi connectivity index (χ2v) is 6.56. The van der Waals surface area contributed by atoms with Gasteiger partial charge in [-0.1, -0.05) is 42.5 Å². The third-order valence-electron chi connectivity index (χ3n) is 4.75. The molecule has 1 aliphatic carbocycles. The lowest BCUT2D eigenvalue weighted by Gasteiger charge is -2.31. The maximum atomic E-state index is 13.4. The molecule has 23 heavy (non-hydrogen) atoms. The van der Waals surface area contributed by atoms with E-state index in [1.807, 2.05) is 18.2 Å². The van der Waals surface area contributed by atoms with Crippen molar-refractivity contribution in [3.8, 4) is 0 Å². The van der Waals surface area contributed by atoms with Crippen molar-refractivity contribution in [2.45, 2.75) is 38.5 Å². The van der Waals surface area contributed by atoms with E-state index < -0.39 is 6.10 Å². The summed E-state index contributed by atoms with van der Waals surface area (Å²) >= 11 is 0. The summed E-state index contributed by atoms with van der Waals surface area (Å²) in [7, 11) is 0. The fraction of sp³-hybridized carbons (Fsp3) is 0.400. The summed E-state index contributed by atoms with van der Waals surface area (Å²) < 4.78 is 13.4. The standard InChI is InChI=1S/C20H24FNO/c1-15(17-10-11-17)22(13-16-6-3-2-4-7-16)14-20(23)18-8-5-9-19(21)12-18/h2-9,12,15,17,20,23H,10-11,13-14H2,1H3/t15-,20+/m1/s1. The normalized spacial score (nSPS) is 17.2. The molecular formula is C20H24FNO. The molecule has 2 aromatic rings. The topological polar surface area (TPSA) is 23.5 Å². The van der Waals surface area contributed by atoms with Crippen LogP contribution in [0.5, 0.6) is 0 Å². The molecule has 3 heteroatoms. The largest absolute Gasteiger partial charge is 0.387 e. The number of hydrogen-bond acceptors (Lipinski definition) is 2. The molecule has 2 atom stereocenters. The highest BCUT2D eigenvalue weighted by atomic mass is 19.1. The highest BCUT2D eigenvalue weighted by Crippen LogP contribution is 2.36. The van der Waals surface area contributed by atoms with E-state index in [0.717, 1.165) is 12.5 Å². The molecule has 0 saturated heterocycles. The quantitative estimate of drug-likeness (QED) is 0.829. The third-order valence-corrected chi connectivity index (χ3v) is 4.75. The van der Waals surface area contributed by atoms with Gasteiger partial charge in [0.2, 0.25) is 0 Å². The van der Waals surface area contributed by atoms with Crippen molar-refractivity contribution in [3.05, 3.63) is 71.5 Å². The first kappa shape index (κ1) is 16.2. The minimum absolute atomic E-state index is 0.300. The van der Waals surface area contributed by atoms with Gasteiger partial charge in [-0.2, -0.15) is 0 Å². The SMILES string of the molecule is C[C@H](C1CC1)N(Cc1ccccc1)C[C@H](O)c1cccc(F)c1. The Kier molecular flexibility index (Phi) is 5.09. The first-order valence-corrected chi connectivity index (χ1v) is 8.35. The van der Waals surface area contributed by atoms with Crippen LogP contribution in [-0.4, -0.2) is 22.6 Å². The lowest BCUT2D eigenvalue weighted by Crippen LogP contribution is -2.37. The van der Waals surface area contributed by atoms with Crippen LogP contribution in [0.1, 0.15) is 37.0 Å². The lowest BCUT2D eigenvalue weighted by molar-refractivity contribution is 0.0792. The van der Waals surface area contributed by atoms with E-state index in [-0.39, 0.29) is 5.82 Å². The molecule has 0 spiro atoms. The minimum Gasteiger partial charge on any atom is -0.387 e. The Morgan fingerprint density at radius 1 is 1.13 bits per heavy atom. The van der Waals surface area contributed by atoms with Gasteiger partial charge in [0, 0.05) is 19.1 Å². The maximum Gasteiger partial charge on any atom is 0.123 e. The number of nitrogens with zero attached hydrogens (tertiary/aromatic N) is 1. The molecule has 1 aliphatic rings. The van der Waals surface area contributed by atoms with E-state index >= 15 is 0 Å². The number of hydrogen-bond donors (Lipinski definition) is 1. The minimum atomic E-state index is -0.671. The average molecular weight is 313 g/mol. The number of benzene rings is 2. The van der Waals surface area contributed by atoms with E-state index in [9.17, 15) is 9.50 Å². The van der Waals surface area contributed by atoms with Crippen LogP contribution in [0, 0.1) is 11.7 Å². The van der Waals surface area contributed by atoms with Crippen molar-refractivity contribution in [3.63, 3.8) is 0 Å². The van der Waals surface area contributed by atoms with E-state index in [1.165, 1.54) is 30.5 Å². The second kappa shape index (κ2) is 7.24. The average Bonchev–Trinajstić information content (AvgIpc) is 3.39. The van der Waals surface area contributed by atoms with Crippen molar-refractivity contribution >= 4 is 0 Å². The maximum absolute atomic E-state index is 13.4. The number of aliphatic hydroxyl groups is 1. The zero-order valence-corrected chi connectivity index (χ0v) is 13.5. The predicted octanol–water partition coefficient (Wildman–Crippen LogP) is 4.16. The van der Waals surface area contributed by atoms with Gasteiger partial charge in [0.15, 0.2) is 0 Å². The van der Waals surface area contributed by atoms with Crippen LogP contribution in [0.2, 0.25) is 0 Å². The molecule has 0 amide bonds. The number of halogens is 1. The first-order valence-electron chi connectivity index (χ1n) is 8.35. The van der Waals surface area contributed by atoms with Gasteiger partial charge in [-0.25, -0.2) is 4.39 Å². The highest BCUT2D eigenvalue weighted by Gasteiger charge is 2.32. The first-order chi connectivity index (χ1) is 11.1. The van der Waals surface area contributed by atoms with Gasteiger partial charge >= 0.3 is 0 Å². The predicted molar refractivity (Wildman–Crippen MR) is 90.4 cm³/mol. The van der Waals surface area contributed by atoms with Gasteiger partial charge in [0.1, 0.15) is 5.82 Å². The van der Waals surface area contributed by atoms with Crippen molar-refractivity contribution in [2.24, 2.45) is 5.92 Å². The molecule has 0 radical (unpaired) electrons. The molecule has 0 aromatic heterocycles. The molecule has 0 bridgehead atoms. The zero-order valence-electron chi connectivity index (χ0n) is 13.5. The molecule has 0 unspecified atom stereocenters. The number of rotatable bonds is 7. The summed E-state index contributed by atoms with van der Waals surface area (Å²) in [5.74, 6) is 0.421. The Morgan fingerprint density at radius 3 is 2.52 bits per heavy atom. The molecule has 1 fully saturated rings. The Hall–Kier alpha value is -1.71. The summed E-state index contributed by atoms with van der Waals surface area (Å²) in [6.45, 7) is 3.57. The van der Waals surface area contributed by atoms with Gasteiger partial charge < -0.3 is 5.11 Å². The van der Waals surface area contributed by atoms with Gasteiger partial charge in [-0.3, -0.25) is 4.90 Å². The Morgan fingerprint density at radius 2 is 1.87 bits per heavy atom. The summed E-state index contributed by atoms with van der Waals surface area (Å²) in [5, 5.41) is 10.5. The summed E-state index contributed by atoms with van der Waals surface area (Å²) in [6, 6.07) is 17.0. The fourth-order valence-electron chi connectivity index (χ4n) is 3.11. The molecule has 122 valence electrons. The molecule has 0 aliphatic heterocycles. The molecule has 1 saturated carbocycles. The Labute approximate surface area is 137 Å². The van der Waals surface area contributed by atoms with Crippen LogP contribution in [0.15, 0.2) is 54.6 Å². The van der Waals surface area contributed by atoms with Crippen molar-refractivity contribution in [2.75, 3.05) is 6.54 Å². The molecule has 3 rings (SSSR count). The fourth-order valence-corrected chi connectivity index (χ4v) is 3.11. The van der Waals surface area contributed by atoms with Crippen molar-refractivity contribution in [1.82, 2.24) is 4.90 Å². The van der Waals surface area contributed by atoms with Gasteiger partial charge in [0.05, 0.1) is 6.10 Å². The van der Waals surface area contributed by atoms with Gasteiger partial charge in [-0.15, -0.1) is 0 Å². The van der Waals surface area contributed by atoms with Crippen LogP contribution in [-0.2, 0) is 6.54 Å². The highest BCUT2D eigenvalue weighted by molar-refractivity contribution is 5.19. The molecule has 2 aromatic carbocycles. The molecule has 0 heterocycles. The van der Waals surface area contributed by atoms with Crippen molar-refractivity contribution < 1.29 is 9.50 Å². The van der Waals surface area contributed by atoms with E-state index in [2.05, 4.69) is 24.0 Å². The second-order valence-electron chi connectivity index (χ2n) is 6.56. The van der Waals surface area contributed by atoms with E-state index in [0.29, 0.717) is 18.2 Å². The zero-order chi connectivity index (χ0) is 16.2.